The summed E-state index contributed by atoms with van der Waals surface area (Å²) in [6.45, 7) is 7.60. The first-order valence-corrected chi connectivity index (χ1v) is 11.5. The summed E-state index contributed by atoms with van der Waals surface area (Å²) in [4.78, 5) is 5.34. The van der Waals surface area contributed by atoms with Crippen molar-refractivity contribution in [3.63, 3.8) is 0 Å². The van der Waals surface area contributed by atoms with Gasteiger partial charge in [-0.25, -0.2) is 0 Å². The van der Waals surface area contributed by atoms with E-state index in [1.165, 1.54) is 88.1 Å². The predicted molar refractivity (Wildman–Crippen MR) is 111 cm³/mol. The number of rotatable bonds is 5. The Morgan fingerprint density at radius 2 is 1.32 bits per heavy atom. The van der Waals surface area contributed by atoms with Gasteiger partial charge in [0.25, 0.3) is 0 Å². The van der Waals surface area contributed by atoms with Crippen molar-refractivity contribution >= 4 is 28.2 Å². The van der Waals surface area contributed by atoms with E-state index < -0.39 is 0 Å². The van der Waals surface area contributed by atoms with Crippen molar-refractivity contribution in [2.24, 2.45) is 0 Å². The molecule has 134 valence electrons. The quantitative estimate of drug-likeness (QED) is 0.712. The number of piperidine rings is 2. The Labute approximate surface area is 159 Å². The van der Waals surface area contributed by atoms with Crippen LogP contribution in [0, 0.1) is 0 Å². The summed E-state index contributed by atoms with van der Waals surface area (Å²) in [7, 11) is 0. The Bertz CT molecular complexity index is 621. The van der Waals surface area contributed by atoms with Crippen molar-refractivity contribution in [2.75, 3.05) is 39.3 Å². The monoisotopic (exact) mass is 372 g/mol. The van der Waals surface area contributed by atoms with Gasteiger partial charge in [0, 0.05) is 26.2 Å². The minimum absolute atomic E-state index is 1.22. The van der Waals surface area contributed by atoms with E-state index in [1.54, 1.807) is 28.2 Å². The minimum atomic E-state index is 1.22. The SMILES string of the molecule is c1cc(C(=C2CCN(CCN3CCCCC3)CC2)c2ccsc2)cs1. The molecule has 0 amide bonds. The lowest BCUT2D eigenvalue weighted by Gasteiger charge is -2.33. The second-order valence-corrected chi connectivity index (χ2v) is 8.81. The molecule has 0 bridgehead atoms. The number of hydrogen-bond acceptors (Lipinski definition) is 4. The summed E-state index contributed by atoms with van der Waals surface area (Å²) in [6, 6.07) is 4.57. The lowest BCUT2D eigenvalue weighted by Crippen LogP contribution is -2.40. The van der Waals surface area contributed by atoms with Gasteiger partial charge < -0.3 is 9.80 Å². The molecule has 0 radical (unpaired) electrons. The summed E-state index contributed by atoms with van der Waals surface area (Å²) >= 11 is 3.61. The predicted octanol–water partition coefficient (Wildman–Crippen LogP) is 5.19. The maximum atomic E-state index is 2.68. The molecule has 2 fully saturated rings. The normalized spacial score (nSPS) is 20.1. The third-order valence-corrected chi connectivity index (χ3v) is 6.98. The molecule has 0 saturated carbocycles. The third kappa shape index (κ3) is 4.43. The number of thiophene rings is 2. The average Bonchev–Trinajstić information content (AvgIpc) is 3.37. The highest BCUT2D eigenvalue weighted by Gasteiger charge is 2.20. The van der Waals surface area contributed by atoms with Crippen molar-refractivity contribution in [1.29, 1.82) is 0 Å². The standard InChI is InChI=1S/C21H28N2S2/c1-2-8-22(9-3-1)12-13-23-10-4-18(5-11-23)21(19-6-14-24-16-19)20-7-15-25-17-20/h6-7,14-17H,1-5,8-13H2. The van der Waals surface area contributed by atoms with E-state index in [-0.39, 0.29) is 0 Å². The van der Waals surface area contributed by atoms with Gasteiger partial charge in [-0.15, -0.1) is 0 Å². The Morgan fingerprint density at radius 3 is 1.84 bits per heavy atom. The van der Waals surface area contributed by atoms with Gasteiger partial charge in [0.1, 0.15) is 0 Å². The summed E-state index contributed by atoms with van der Waals surface area (Å²) < 4.78 is 0. The Hall–Kier alpha value is -0.940. The number of nitrogens with zero attached hydrogens (tertiary/aromatic N) is 2. The van der Waals surface area contributed by atoms with Crippen LogP contribution in [0.15, 0.2) is 39.2 Å². The molecular weight excluding hydrogens is 344 g/mol. The zero-order valence-corrected chi connectivity index (χ0v) is 16.6. The van der Waals surface area contributed by atoms with Crippen molar-refractivity contribution < 1.29 is 0 Å². The van der Waals surface area contributed by atoms with Gasteiger partial charge >= 0.3 is 0 Å². The van der Waals surface area contributed by atoms with Gasteiger partial charge in [0.05, 0.1) is 0 Å². The molecule has 0 aliphatic carbocycles. The fourth-order valence-corrected chi connectivity index (χ4v) is 5.44. The molecule has 0 spiro atoms. The van der Waals surface area contributed by atoms with Gasteiger partial charge in [-0.05, 0) is 89.1 Å². The lowest BCUT2D eigenvalue weighted by atomic mass is 9.91. The van der Waals surface area contributed by atoms with E-state index in [0.29, 0.717) is 0 Å². The smallest absolute Gasteiger partial charge is 0.0110 e. The van der Waals surface area contributed by atoms with Gasteiger partial charge in [0.2, 0.25) is 0 Å². The molecule has 4 heterocycles. The Balaban J connectivity index is 1.39. The number of likely N-dealkylation sites (tertiary alicyclic amines) is 2. The van der Waals surface area contributed by atoms with Crippen LogP contribution in [0.1, 0.15) is 43.2 Å². The first-order chi connectivity index (χ1) is 12.4. The fraction of sp³-hybridized carbons (Fsp3) is 0.524. The van der Waals surface area contributed by atoms with Crippen LogP contribution in [-0.2, 0) is 0 Å². The average molecular weight is 373 g/mol. The van der Waals surface area contributed by atoms with Crippen LogP contribution >= 0.6 is 22.7 Å². The topological polar surface area (TPSA) is 6.48 Å². The molecule has 2 aromatic heterocycles. The van der Waals surface area contributed by atoms with Gasteiger partial charge in [-0.2, -0.15) is 22.7 Å². The first kappa shape index (κ1) is 17.5. The second kappa shape index (κ2) is 8.63. The molecule has 2 aliphatic rings. The van der Waals surface area contributed by atoms with Crippen LogP contribution in [0.3, 0.4) is 0 Å². The fourth-order valence-electron chi connectivity index (χ4n) is 4.15. The van der Waals surface area contributed by atoms with E-state index in [1.807, 2.05) is 0 Å². The summed E-state index contributed by atoms with van der Waals surface area (Å²) in [5.74, 6) is 0. The Kier molecular flexibility index (Phi) is 6.03. The molecule has 0 N–H and O–H groups in total. The molecule has 2 nitrogen and oxygen atoms in total. The maximum Gasteiger partial charge on any atom is 0.0110 e. The molecule has 25 heavy (non-hydrogen) atoms. The molecule has 0 unspecified atom stereocenters. The zero-order chi connectivity index (χ0) is 16.9. The van der Waals surface area contributed by atoms with E-state index in [2.05, 4.69) is 43.5 Å². The molecule has 0 atom stereocenters. The maximum absolute atomic E-state index is 2.68. The largest absolute Gasteiger partial charge is 0.302 e. The molecule has 2 saturated heterocycles. The highest BCUT2D eigenvalue weighted by Crippen LogP contribution is 2.34. The molecule has 2 aliphatic heterocycles. The van der Waals surface area contributed by atoms with Crippen LogP contribution in [0.4, 0.5) is 0 Å². The third-order valence-electron chi connectivity index (χ3n) is 5.61. The lowest BCUT2D eigenvalue weighted by molar-refractivity contribution is 0.176. The van der Waals surface area contributed by atoms with Gasteiger partial charge in [-0.3, -0.25) is 0 Å². The van der Waals surface area contributed by atoms with E-state index >= 15 is 0 Å². The van der Waals surface area contributed by atoms with Crippen molar-refractivity contribution in [3.8, 4) is 0 Å². The molecule has 0 aromatic carbocycles. The van der Waals surface area contributed by atoms with E-state index in [0.717, 1.165) is 0 Å². The molecule has 4 rings (SSSR count). The molecular formula is C21H28N2S2. The zero-order valence-electron chi connectivity index (χ0n) is 15.0. The van der Waals surface area contributed by atoms with E-state index in [9.17, 15) is 0 Å². The van der Waals surface area contributed by atoms with Crippen molar-refractivity contribution in [1.82, 2.24) is 9.80 Å². The minimum Gasteiger partial charge on any atom is -0.302 e. The highest BCUT2D eigenvalue weighted by molar-refractivity contribution is 7.08. The number of hydrogen-bond donors (Lipinski definition) is 0. The second-order valence-electron chi connectivity index (χ2n) is 7.25. The molecule has 2 aromatic rings. The van der Waals surface area contributed by atoms with Crippen molar-refractivity contribution in [3.05, 3.63) is 50.4 Å². The van der Waals surface area contributed by atoms with Crippen molar-refractivity contribution in [2.45, 2.75) is 32.1 Å². The van der Waals surface area contributed by atoms with E-state index in [4.69, 9.17) is 0 Å². The van der Waals surface area contributed by atoms with Crippen LogP contribution in [-0.4, -0.2) is 49.1 Å². The summed E-state index contributed by atoms with van der Waals surface area (Å²) in [6.07, 6.45) is 6.68. The van der Waals surface area contributed by atoms with Gasteiger partial charge in [0.15, 0.2) is 0 Å². The first-order valence-electron chi connectivity index (χ1n) is 9.62. The van der Waals surface area contributed by atoms with Gasteiger partial charge in [-0.1, -0.05) is 12.0 Å². The van der Waals surface area contributed by atoms with Crippen LogP contribution in [0.2, 0.25) is 0 Å². The molecule has 4 heteroatoms. The Morgan fingerprint density at radius 1 is 0.760 bits per heavy atom. The van der Waals surface area contributed by atoms with Crippen LogP contribution < -0.4 is 0 Å². The van der Waals surface area contributed by atoms with Crippen LogP contribution in [0.25, 0.3) is 5.57 Å². The summed E-state index contributed by atoms with van der Waals surface area (Å²) in [5.41, 5.74) is 6.00. The van der Waals surface area contributed by atoms with Crippen LogP contribution in [0.5, 0.6) is 0 Å². The highest BCUT2D eigenvalue weighted by atomic mass is 32.1. The summed E-state index contributed by atoms with van der Waals surface area (Å²) in [5, 5.41) is 9.03.